The first-order valence-electron chi connectivity index (χ1n) is 7.91. The van der Waals surface area contributed by atoms with Crippen LogP contribution in [0.5, 0.6) is 0 Å². The third kappa shape index (κ3) is 3.57. The summed E-state index contributed by atoms with van der Waals surface area (Å²) in [5, 5.41) is 0.588. The van der Waals surface area contributed by atoms with Crippen LogP contribution in [-0.4, -0.2) is 23.6 Å². The molecule has 0 unspecified atom stereocenters. The van der Waals surface area contributed by atoms with Gasteiger partial charge in [-0.3, -0.25) is 9.59 Å². The normalized spacial score (nSPS) is 11.8. The van der Waals surface area contributed by atoms with E-state index in [2.05, 4.69) is 4.99 Å². The lowest BCUT2D eigenvalue weighted by molar-refractivity contribution is -0.141. The van der Waals surface area contributed by atoms with Crippen LogP contribution in [0.15, 0.2) is 41.4 Å². The molecule has 134 valence electrons. The summed E-state index contributed by atoms with van der Waals surface area (Å²) in [7, 11) is 1.33. The molecule has 5 nitrogen and oxygen atoms in total. The first kappa shape index (κ1) is 18.4. The van der Waals surface area contributed by atoms with Crippen LogP contribution in [0.4, 0.5) is 0 Å². The average molecular weight is 389 g/mol. The Kier molecular flexibility index (Phi) is 5.25. The lowest BCUT2D eigenvalue weighted by Crippen LogP contribution is -2.22. The number of methoxy groups -OCH3 is 1. The van der Waals surface area contributed by atoms with Gasteiger partial charge in [0.15, 0.2) is 4.80 Å². The number of halogens is 1. The van der Waals surface area contributed by atoms with Crippen molar-refractivity contribution in [2.24, 2.45) is 4.99 Å². The number of aryl methyl sites for hydroxylation is 2. The molecule has 0 aliphatic heterocycles. The van der Waals surface area contributed by atoms with Gasteiger partial charge >= 0.3 is 5.97 Å². The van der Waals surface area contributed by atoms with Crippen molar-refractivity contribution < 1.29 is 14.3 Å². The van der Waals surface area contributed by atoms with Crippen LogP contribution in [0.2, 0.25) is 5.02 Å². The minimum atomic E-state index is -0.423. The number of benzene rings is 2. The monoisotopic (exact) mass is 388 g/mol. The van der Waals surface area contributed by atoms with E-state index >= 15 is 0 Å². The summed E-state index contributed by atoms with van der Waals surface area (Å²) in [6.45, 7) is 3.74. The smallest absolute Gasteiger partial charge is 0.325 e. The number of hydrogen-bond donors (Lipinski definition) is 0. The van der Waals surface area contributed by atoms with Crippen molar-refractivity contribution in [2.45, 2.75) is 20.4 Å². The van der Waals surface area contributed by atoms with E-state index in [0.29, 0.717) is 15.4 Å². The minimum Gasteiger partial charge on any atom is -0.468 e. The van der Waals surface area contributed by atoms with E-state index in [1.54, 1.807) is 22.8 Å². The first-order valence-corrected chi connectivity index (χ1v) is 9.11. The highest BCUT2D eigenvalue weighted by molar-refractivity contribution is 7.16. The number of nitrogens with zero attached hydrogens (tertiary/aromatic N) is 2. The van der Waals surface area contributed by atoms with Gasteiger partial charge in [-0.25, -0.2) is 0 Å². The fraction of sp³-hybridized carbons (Fsp3) is 0.211. The fourth-order valence-electron chi connectivity index (χ4n) is 2.67. The zero-order valence-corrected chi connectivity index (χ0v) is 16.1. The highest BCUT2D eigenvalue weighted by Gasteiger charge is 2.15. The summed E-state index contributed by atoms with van der Waals surface area (Å²) >= 11 is 7.57. The second-order valence-electron chi connectivity index (χ2n) is 5.85. The fourth-order valence-corrected chi connectivity index (χ4v) is 3.91. The average Bonchev–Trinajstić information content (AvgIpc) is 2.96. The van der Waals surface area contributed by atoms with E-state index in [-0.39, 0.29) is 12.5 Å². The van der Waals surface area contributed by atoms with Crippen molar-refractivity contribution in [3.8, 4) is 0 Å². The topological polar surface area (TPSA) is 60.7 Å². The third-order valence-corrected chi connectivity index (χ3v) is 5.46. The van der Waals surface area contributed by atoms with Crippen LogP contribution in [0.25, 0.3) is 10.2 Å². The maximum absolute atomic E-state index is 12.6. The van der Waals surface area contributed by atoms with Gasteiger partial charge in [0.2, 0.25) is 0 Å². The molecular formula is C19H17ClN2O3S. The Morgan fingerprint density at radius 3 is 2.69 bits per heavy atom. The summed E-state index contributed by atoms with van der Waals surface area (Å²) < 4.78 is 7.36. The zero-order valence-electron chi connectivity index (χ0n) is 14.6. The maximum Gasteiger partial charge on any atom is 0.325 e. The van der Waals surface area contributed by atoms with E-state index < -0.39 is 5.97 Å². The van der Waals surface area contributed by atoms with E-state index in [1.807, 2.05) is 32.0 Å². The minimum absolute atomic E-state index is 0.0440. The van der Waals surface area contributed by atoms with E-state index in [0.717, 1.165) is 21.3 Å². The number of amides is 1. The number of carbonyl (C=O) groups is 2. The number of aromatic nitrogens is 1. The Labute approximate surface area is 159 Å². The number of hydrogen-bond acceptors (Lipinski definition) is 4. The second-order valence-corrected chi connectivity index (χ2v) is 7.27. The summed E-state index contributed by atoms with van der Waals surface area (Å²) in [4.78, 5) is 29.2. The number of fused-ring (bicyclic) bond motifs is 1. The van der Waals surface area contributed by atoms with Crippen LogP contribution in [0.1, 0.15) is 21.5 Å². The molecule has 7 heteroatoms. The standard InChI is InChI=1S/C19H17ClN2O3S/c1-11-5-4-6-13(9-11)18(24)21-19-22(10-16(23)25-3)17-12(2)14(20)7-8-15(17)26-19/h4-9H,10H2,1-3H3. The molecule has 0 saturated carbocycles. The van der Waals surface area contributed by atoms with Crippen LogP contribution < -0.4 is 4.80 Å². The molecule has 0 bridgehead atoms. The van der Waals surface area contributed by atoms with Crippen molar-refractivity contribution in [3.05, 3.63) is 62.9 Å². The maximum atomic E-state index is 12.6. The molecule has 1 amide bonds. The van der Waals surface area contributed by atoms with Gasteiger partial charge < -0.3 is 9.30 Å². The van der Waals surface area contributed by atoms with Gasteiger partial charge in [0.05, 0.1) is 17.3 Å². The summed E-state index contributed by atoms with van der Waals surface area (Å²) in [5.74, 6) is -0.781. The lowest BCUT2D eigenvalue weighted by Gasteiger charge is -2.07. The van der Waals surface area contributed by atoms with Gasteiger partial charge in [0.1, 0.15) is 6.54 Å². The van der Waals surface area contributed by atoms with Gasteiger partial charge in [-0.15, -0.1) is 0 Å². The van der Waals surface area contributed by atoms with Gasteiger partial charge in [0, 0.05) is 10.6 Å². The molecule has 1 heterocycles. The SMILES string of the molecule is COC(=O)Cn1c(=NC(=O)c2cccc(C)c2)sc2ccc(Cl)c(C)c21. The Morgan fingerprint density at radius 1 is 1.23 bits per heavy atom. The highest BCUT2D eigenvalue weighted by atomic mass is 35.5. The number of ether oxygens (including phenoxy) is 1. The van der Waals surface area contributed by atoms with Gasteiger partial charge in [-0.2, -0.15) is 4.99 Å². The molecule has 0 aliphatic rings. The first-order chi connectivity index (χ1) is 12.4. The largest absolute Gasteiger partial charge is 0.468 e. The highest BCUT2D eigenvalue weighted by Crippen LogP contribution is 2.27. The predicted octanol–water partition coefficient (Wildman–Crippen LogP) is 3.89. The Balaban J connectivity index is 2.21. The molecule has 26 heavy (non-hydrogen) atoms. The molecule has 3 rings (SSSR count). The number of esters is 1. The number of thiazole rings is 1. The van der Waals surface area contributed by atoms with Gasteiger partial charge in [0.25, 0.3) is 5.91 Å². The molecule has 0 aliphatic carbocycles. The van der Waals surface area contributed by atoms with E-state index in [1.165, 1.54) is 18.4 Å². The molecule has 0 fully saturated rings. The van der Waals surface area contributed by atoms with Gasteiger partial charge in [-0.05, 0) is 43.7 Å². The van der Waals surface area contributed by atoms with Crippen molar-refractivity contribution in [2.75, 3.05) is 7.11 Å². The van der Waals surface area contributed by atoms with Crippen LogP contribution in [-0.2, 0) is 16.1 Å². The third-order valence-electron chi connectivity index (χ3n) is 4.01. The van der Waals surface area contributed by atoms with E-state index in [4.69, 9.17) is 16.3 Å². The zero-order chi connectivity index (χ0) is 18.8. The molecule has 0 atom stereocenters. The van der Waals surface area contributed by atoms with Crippen molar-refractivity contribution in [1.29, 1.82) is 0 Å². The van der Waals surface area contributed by atoms with Crippen LogP contribution in [0.3, 0.4) is 0 Å². The quantitative estimate of drug-likeness (QED) is 0.639. The number of rotatable bonds is 3. The van der Waals surface area contributed by atoms with Gasteiger partial charge in [-0.1, -0.05) is 40.6 Å². The Hall–Kier alpha value is -2.44. The summed E-state index contributed by atoms with van der Waals surface area (Å²) in [6.07, 6.45) is 0. The molecule has 2 aromatic carbocycles. The molecule has 3 aromatic rings. The lowest BCUT2D eigenvalue weighted by atomic mass is 10.1. The number of carbonyl (C=O) groups excluding carboxylic acids is 2. The molecular weight excluding hydrogens is 372 g/mol. The second kappa shape index (κ2) is 7.43. The van der Waals surface area contributed by atoms with Crippen molar-refractivity contribution in [3.63, 3.8) is 0 Å². The molecule has 0 N–H and O–H groups in total. The van der Waals surface area contributed by atoms with E-state index in [9.17, 15) is 9.59 Å². The Morgan fingerprint density at radius 2 is 2.00 bits per heavy atom. The molecule has 0 spiro atoms. The van der Waals surface area contributed by atoms with Crippen LogP contribution >= 0.6 is 22.9 Å². The summed E-state index contributed by atoms with van der Waals surface area (Å²) in [5.41, 5.74) is 3.09. The van der Waals surface area contributed by atoms with Crippen molar-refractivity contribution in [1.82, 2.24) is 4.57 Å². The summed E-state index contributed by atoms with van der Waals surface area (Å²) in [6, 6.07) is 10.9. The predicted molar refractivity (Wildman–Crippen MR) is 103 cm³/mol. The van der Waals surface area contributed by atoms with Crippen LogP contribution in [0, 0.1) is 13.8 Å². The molecule has 1 aromatic heterocycles. The Bertz CT molecular complexity index is 1080. The van der Waals surface area contributed by atoms with Crippen molar-refractivity contribution >= 4 is 45.0 Å². The molecule has 0 saturated heterocycles. The molecule has 0 radical (unpaired) electrons.